The Hall–Kier alpha value is -1.36. The number of hydrogen-bond donors (Lipinski definition) is 1. The Morgan fingerprint density at radius 1 is 1.43 bits per heavy atom. The van der Waals surface area contributed by atoms with Crippen LogP contribution in [0.15, 0.2) is 41.1 Å². The lowest BCUT2D eigenvalue weighted by molar-refractivity contribution is -0.402. The van der Waals surface area contributed by atoms with E-state index >= 15 is 0 Å². The van der Waals surface area contributed by atoms with Crippen LogP contribution in [0, 0.1) is 10.1 Å². The third-order valence-electron chi connectivity index (χ3n) is 1.53. The summed E-state index contributed by atoms with van der Waals surface area (Å²) in [5.41, 5.74) is 1.07. The summed E-state index contributed by atoms with van der Waals surface area (Å²) >= 11 is 3.32. The van der Waals surface area contributed by atoms with Crippen LogP contribution >= 0.6 is 15.9 Å². The number of nitro groups is 1. The van der Waals surface area contributed by atoms with E-state index in [9.17, 15) is 10.1 Å². The van der Waals surface area contributed by atoms with E-state index in [4.69, 9.17) is 0 Å². The average molecular weight is 257 g/mol. The van der Waals surface area contributed by atoms with E-state index in [2.05, 4.69) is 21.2 Å². The molecule has 1 aromatic carbocycles. The van der Waals surface area contributed by atoms with Gasteiger partial charge in [-0.1, -0.05) is 28.1 Å². The highest BCUT2D eigenvalue weighted by molar-refractivity contribution is 9.10. The summed E-state index contributed by atoms with van der Waals surface area (Å²) in [5.74, 6) is 0. The lowest BCUT2D eigenvalue weighted by atomic mass is 10.2. The highest BCUT2D eigenvalue weighted by Gasteiger charge is 1.90. The summed E-state index contributed by atoms with van der Waals surface area (Å²) in [4.78, 5) is 9.42. The summed E-state index contributed by atoms with van der Waals surface area (Å²) in [6, 6.07) is 7.73. The summed E-state index contributed by atoms with van der Waals surface area (Å²) < 4.78 is 1.02. The number of nitrogens with one attached hydrogen (secondary N) is 1. The molecule has 0 radical (unpaired) electrons. The van der Waals surface area contributed by atoms with E-state index in [1.54, 1.807) is 0 Å². The van der Waals surface area contributed by atoms with Crippen LogP contribution in [0.4, 0.5) is 0 Å². The van der Waals surface area contributed by atoms with Crippen LogP contribution in [-0.4, -0.2) is 4.92 Å². The summed E-state index contributed by atoms with van der Waals surface area (Å²) in [5, 5.41) is 12.7. The van der Waals surface area contributed by atoms with E-state index in [1.165, 1.54) is 6.20 Å². The number of hydrogen-bond acceptors (Lipinski definition) is 3. The minimum Gasteiger partial charge on any atom is -0.382 e. The van der Waals surface area contributed by atoms with Gasteiger partial charge in [-0.3, -0.25) is 10.1 Å². The van der Waals surface area contributed by atoms with Gasteiger partial charge in [0, 0.05) is 11.0 Å². The Kier molecular flexibility index (Phi) is 4.12. The molecule has 0 heterocycles. The summed E-state index contributed by atoms with van der Waals surface area (Å²) in [6.45, 7) is 0.581. The highest BCUT2D eigenvalue weighted by Crippen LogP contribution is 2.09. The maximum atomic E-state index is 9.93. The third-order valence-corrected chi connectivity index (χ3v) is 2.06. The van der Waals surface area contributed by atoms with Crippen molar-refractivity contribution in [2.45, 2.75) is 6.54 Å². The first-order valence-electron chi connectivity index (χ1n) is 3.96. The minimum atomic E-state index is -0.505. The molecule has 0 unspecified atom stereocenters. The van der Waals surface area contributed by atoms with Crippen LogP contribution in [0.1, 0.15) is 5.56 Å². The van der Waals surface area contributed by atoms with Gasteiger partial charge < -0.3 is 5.32 Å². The molecule has 14 heavy (non-hydrogen) atoms. The molecular weight excluding hydrogens is 248 g/mol. The number of benzene rings is 1. The van der Waals surface area contributed by atoms with E-state index in [0.717, 1.165) is 16.2 Å². The Bertz CT molecular complexity index is 335. The largest absolute Gasteiger partial charge is 0.382 e. The maximum Gasteiger partial charge on any atom is 0.249 e. The minimum absolute atomic E-state index is 0.505. The first kappa shape index (κ1) is 10.7. The molecule has 0 saturated heterocycles. The molecule has 4 nitrogen and oxygen atoms in total. The van der Waals surface area contributed by atoms with Gasteiger partial charge in [0.25, 0.3) is 0 Å². The van der Waals surface area contributed by atoms with Gasteiger partial charge in [-0.2, -0.15) is 0 Å². The smallest absolute Gasteiger partial charge is 0.249 e. The van der Waals surface area contributed by atoms with E-state index in [0.29, 0.717) is 6.54 Å². The fourth-order valence-electron chi connectivity index (χ4n) is 0.893. The number of rotatable bonds is 4. The molecule has 74 valence electrons. The van der Waals surface area contributed by atoms with Crippen molar-refractivity contribution in [3.8, 4) is 0 Å². The molecular formula is C9H9BrN2O2. The Balaban J connectivity index is 2.39. The predicted molar refractivity (Wildman–Crippen MR) is 57.1 cm³/mol. The zero-order chi connectivity index (χ0) is 10.4. The van der Waals surface area contributed by atoms with Crippen molar-refractivity contribution in [2.24, 2.45) is 0 Å². The van der Waals surface area contributed by atoms with Gasteiger partial charge in [0.2, 0.25) is 6.20 Å². The van der Waals surface area contributed by atoms with E-state index in [1.807, 2.05) is 24.3 Å². The lowest BCUT2D eigenvalue weighted by Gasteiger charge is -1.99. The third kappa shape index (κ3) is 4.04. The van der Waals surface area contributed by atoms with E-state index < -0.39 is 4.92 Å². The SMILES string of the molecule is O=[N+]([O-])C=CNCc1ccc(Br)cc1. The Morgan fingerprint density at radius 3 is 2.64 bits per heavy atom. The van der Waals surface area contributed by atoms with Gasteiger partial charge in [-0.05, 0) is 17.7 Å². The lowest BCUT2D eigenvalue weighted by Crippen LogP contribution is -2.04. The molecule has 0 fully saturated rings. The molecule has 0 atom stereocenters. The molecule has 1 rings (SSSR count). The molecule has 1 N–H and O–H groups in total. The van der Waals surface area contributed by atoms with Crippen molar-refractivity contribution in [3.05, 3.63) is 56.8 Å². The van der Waals surface area contributed by atoms with Crippen molar-refractivity contribution in [3.63, 3.8) is 0 Å². The van der Waals surface area contributed by atoms with Crippen LogP contribution in [0.2, 0.25) is 0 Å². The van der Waals surface area contributed by atoms with Crippen LogP contribution in [0.5, 0.6) is 0 Å². The maximum absolute atomic E-state index is 9.93. The Labute approximate surface area is 89.9 Å². The van der Waals surface area contributed by atoms with Gasteiger partial charge in [-0.25, -0.2) is 0 Å². The number of halogens is 1. The second-order valence-corrected chi connectivity index (χ2v) is 3.52. The van der Waals surface area contributed by atoms with Crippen molar-refractivity contribution in [2.75, 3.05) is 0 Å². The van der Waals surface area contributed by atoms with Gasteiger partial charge in [0.05, 0.1) is 11.1 Å². The standard InChI is InChI=1S/C9H9BrN2O2/c10-9-3-1-8(2-4-9)7-11-5-6-12(13)14/h1-6,11H,7H2. The monoisotopic (exact) mass is 256 g/mol. The molecule has 1 aromatic rings. The second kappa shape index (κ2) is 5.39. The average Bonchev–Trinajstić information content (AvgIpc) is 2.15. The van der Waals surface area contributed by atoms with Crippen LogP contribution in [0.3, 0.4) is 0 Å². The fraction of sp³-hybridized carbons (Fsp3) is 0.111. The molecule has 0 amide bonds. The normalized spacial score (nSPS) is 10.4. The molecule has 0 spiro atoms. The predicted octanol–water partition coefficient (Wildman–Crippen LogP) is 2.29. The van der Waals surface area contributed by atoms with Gasteiger partial charge in [0.1, 0.15) is 0 Å². The van der Waals surface area contributed by atoms with Crippen LogP contribution in [0.25, 0.3) is 0 Å². The molecule has 0 saturated carbocycles. The van der Waals surface area contributed by atoms with Crippen molar-refractivity contribution in [1.29, 1.82) is 0 Å². The van der Waals surface area contributed by atoms with E-state index in [-0.39, 0.29) is 0 Å². The van der Waals surface area contributed by atoms with Gasteiger partial charge in [-0.15, -0.1) is 0 Å². The summed E-state index contributed by atoms with van der Waals surface area (Å²) in [6.07, 6.45) is 2.20. The fourth-order valence-corrected chi connectivity index (χ4v) is 1.16. The molecule has 5 heteroatoms. The molecule has 0 aromatic heterocycles. The Morgan fingerprint density at radius 2 is 2.07 bits per heavy atom. The molecule has 0 bridgehead atoms. The van der Waals surface area contributed by atoms with Crippen LogP contribution < -0.4 is 5.32 Å². The first-order chi connectivity index (χ1) is 6.68. The zero-order valence-corrected chi connectivity index (χ0v) is 8.90. The quantitative estimate of drug-likeness (QED) is 0.665. The van der Waals surface area contributed by atoms with Crippen molar-refractivity contribution >= 4 is 15.9 Å². The molecule has 0 aliphatic rings. The van der Waals surface area contributed by atoms with Gasteiger partial charge in [0.15, 0.2) is 0 Å². The summed E-state index contributed by atoms with van der Waals surface area (Å²) in [7, 11) is 0. The van der Waals surface area contributed by atoms with Crippen LogP contribution in [-0.2, 0) is 6.54 Å². The number of nitrogens with zero attached hydrogens (tertiary/aromatic N) is 1. The van der Waals surface area contributed by atoms with Gasteiger partial charge >= 0.3 is 0 Å². The van der Waals surface area contributed by atoms with Crippen molar-refractivity contribution in [1.82, 2.24) is 5.32 Å². The topological polar surface area (TPSA) is 55.2 Å². The zero-order valence-electron chi connectivity index (χ0n) is 7.31. The highest BCUT2D eigenvalue weighted by atomic mass is 79.9. The second-order valence-electron chi connectivity index (χ2n) is 2.61. The molecule has 0 aliphatic carbocycles. The molecule has 0 aliphatic heterocycles. The van der Waals surface area contributed by atoms with Crippen molar-refractivity contribution < 1.29 is 4.92 Å². The first-order valence-corrected chi connectivity index (χ1v) is 4.76.